The van der Waals surface area contributed by atoms with Crippen molar-refractivity contribution >= 4 is 18.4 Å². The lowest BCUT2D eigenvalue weighted by Gasteiger charge is -2.17. The predicted molar refractivity (Wildman–Crippen MR) is 88.2 cm³/mol. The zero-order valence-electron chi connectivity index (χ0n) is 12.7. The third kappa shape index (κ3) is 4.59. The molecule has 0 aliphatic rings. The van der Waals surface area contributed by atoms with Gasteiger partial charge in [0.1, 0.15) is 5.75 Å². The van der Waals surface area contributed by atoms with Crippen LogP contribution < -0.4 is 4.52 Å². The number of benzene rings is 2. The Bertz CT molecular complexity index is 624. The average Bonchev–Trinajstić information content (AvgIpc) is 2.51. The first kappa shape index (κ1) is 16.1. The molecule has 0 fully saturated rings. The summed E-state index contributed by atoms with van der Waals surface area (Å²) in [7, 11) is -1.58. The second-order valence-electron chi connectivity index (χ2n) is 5.18. The summed E-state index contributed by atoms with van der Waals surface area (Å²) >= 11 is 0. The fraction of sp³-hybridized carbons (Fsp3) is 0.412. The average molecular weight is 306 g/mol. The Balaban J connectivity index is 2.06. The van der Waals surface area contributed by atoms with Gasteiger partial charge in [-0.1, -0.05) is 56.5 Å². The Kier molecular flexibility index (Phi) is 5.84. The Hall–Kier alpha value is -1.31. The molecule has 0 aliphatic heterocycles. The van der Waals surface area contributed by atoms with Gasteiger partial charge in [-0.15, -0.1) is 0 Å². The summed E-state index contributed by atoms with van der Waals surface area (Å²) in [4.78, 5) is 0. The van der Waals surface area contributed by atoms with Gasteiger partial charge in [-0.3, -0.25) is 0 Å². The van der Waals surface area contributed by atoms with Crippen LogP contribution in [0.25, 0.3) is 10.8 Å². The van der Waals surface area contributed by atoms with E-state index in [-0.39, 0.29) is 0 Å². The number of fused-ring (bicyclic) bond motifs is 1. The predicted octanol–water partition coefficient (Wildman–Crippen LogP) is 5.64. The van der Waals surface area contributed by atoms with Gasteiger partial charge in [-0.2, -0.15) is 0 Å². The first-order valence-corrected chi connectivity index (χ1v) is 9.23. The normalized spacial score (nSPS) is 14.0. The van der Waals surface area contributed by atoms with Crippen molar-refractivity contribution in [3.05, 3.63) is 42.5 Å². The molecule has 0 bridgehead atoms. The SMILES string of the molecule is CCCCCCP(=O)(OC)Oc1ccc2ccccc2c1. The molecule has 1 atom stereocenters. The van der Waals surface area contributed by atoms with Crippen LogP contribution in [0.3, 0.4) is 0 Å². The zero-order valence-corrected chi connectivity index (χ0v) is 13.6. The van der Waals surface area contributed by atoms with Gasteiger partial charge >= 0.3 is 7.60 Å². The van der Waals surface area contributed by atoms with Crippen LogP contribution in [-0.4, -0.2) is 13.3 Å². The van der Waals surface area contributed by atoms with Crippen LogP contribution in [0.1, 0.15) is 32.6 Å². The van der Waals surface area contributed by atoms with Crippen LogP contribution >= 0.6 is 7.60 Å². The smallest absolute Gasteiger partial charge is 0.378 e. The van der Waals surface area contributed by atoms with Crippen LogP contribution in [0.2, 0.25) is 0 Å². The van der Waals surface area contributed by atoms with Crippen molar-refractivity contribution in [1.82, 2.24) is 0 Å². The maximum absolute atomic E-state index is 12.6. The molecular weight excluding hydrogens is 283 g/mol. The largest absolute Gasteiger partial charge is 0.424 e. The molecule has 4 heteroatoms. The van der Waals surface area contributed by atoms with Crippen molar-refractivity contribution in [3.8, 4) is 5.75 Å². The van der Waals surface area contributed by atoms with E-state index in [9.17, 15) is 4.57 Å². The first-order valence-electron chi connectivity index (χ1n) is 7.50. The second-order valence-corrected chi connectivity index (χ2v) is 7.39. The van der Waals surface area contributed by atoms with Crippen LogP contribution in [0.5, 0.6) is 5.75 Å². The molecule has 0 N–H and O–H groups in total. The Morgan fingerprint density at radius 1 is 1.00 bits per heavy atom. The fourth-order valence-electron chi connectivity index (χ4n) is 2.29. The lowest BCUT2D eigenvalue weighted by molar-refractivity contribution is 0.320. The molecule has 0 saturated carbocycles. The van der Waals surface area contributed by atoms with Crippen molar-refractivity contribution in [3.63, 3.8) is 0 Å². The first-order chi connectivity index (χ1) is 10.2. The lowest BCUT2D eigenvalue weighted by atomic mass is 10.1. The maximum Gasteiger partial charge on any atom is 0.378 e. The van der Waals surface area contributed by atoms with Gasteiger partial charge in [-0.25, -0.2) is 4.57 Å². The van der Waals surface area contributed by atoms with Crippen molar-refractivity contribution < 1.29 is 13.6 Å². The monoisotopic (exact) mass is 306 g/mol. The minimum absolute atomic E-state index is 0.469. The lowest BCUT2D eigenvalue weighted by Crippen LogP contribution is -2.00. The van der Waals surface area contributed by atoms with Crippen molar-refractivity contribution in [2.45, 2.75) is 32.6 Å². The Morgan fingerprint density at radius 2 is 1.76 bits per heavy atom. The van der Waals surface area contributed by atoms with Gasteiger partial charge in [0, 0.05) is 7.11 Å². The van der Waals surface area contributed by atoms with E-state index in [2.05, 4.69) is 6.92 Å². The summed E-state index contributed by atoms with van der Waals surface area (Å²) in [6.45, 7) is 2.15. The minimum Gasteiger partial charge on any atom is -0.424 e. The quantitative estimate of drug-likeness (QED) is 0.468. The van der Waals surface area contributed by atoms with Gasteiger partial charge in [0.15, 0.2) is 0 Å². The third-order valence-electron chi connectivity index (χ3n) is 3.53. The van der Waals surface area contributed by atoms with E-state index in [1.165, 1.54) is 7.11 Å². The summed E-state index contributed by atoms with van der Waals surface area (Å²) in [5.74, 6) is 0.606. The molecule has 2 aromatic carbocycles. The summed E-state index contributed by atoms with van der Waals surface area (Å²) in [6, 6.07) is 13.8. The fourth-order valence-corrected chi connectivity index (χ4v) is 3.69. The highest BCUT2D eigenvalue weighted by Crippen LogP contribution is 2.48. The van der Waals surface area contributed by atoms with Gasteiger partial charge in [0.05, 0.1) is 6.16 Å². The molecule has 0 saturated heterocycles. The molecule has 0 spiro atoms. The highest BCUT2D eigenvalue weighted by atomic mass is 31.2. The molecule has 1 unspecified atom stereocenters. The van der Waals surface area contributed by atoms with E-state index in [0.717, 1.165) is 36.5 Å². The highest BCUT2D eigenvalue weighted by Gasteiger charge is 2.23. The molecular formula is C17H23O3P. The van der Waals surface area contributed by atoms with E-state index < -0.39 is 7.60 Å². The molecule has 0 amide bonds. The molecule has 3 nitrogen and oxygen atoms in total. The molecule has 0 aromatic heterocycles. The number of hydrogen-bond acceptors (Lipinski definition) is 3. The van der Waals surface area contributed by atoms with Crippen LogP contribution in [0.15, 0.2) is 42.5 Å². The Morgan fingerprint density at radius 3 is 2.48 bits per heavy atom. The maximum atomic E-state index is 12.6. The van der Waals surface area contributed by atoms with Gasteiger partial charge in [0.25, 0.3) is 0 Å². The standard InChI is InChI=1S/C17H23O3P/c1-3-4-5-8-13-21(18,19-2)20-17-12-11-15-9-6-7-10-16(15)14-17/h6-7,9-12,14H,3-5,8,13H2,1-2H3. The molecule has 2 rings (SSSR count). The van der Waals surface area contributed by atoms with Gasteiger partial charge in [-0.05, 0) is 29.3 Å². The number of unbranched alkanes of at least 4 members (excludes halogenated alkanes) is 3. The van der Waals surface area contributed by atoms with Crippen LogP contribution in [-0.2, 0) is 9.09 Å². The van der Waals surface area contributed by atoms with E-state index in [0.29, 0.717) is 11.9 Å². The molecule has 2 aromatic rings. The molecule has 0 radical (unpaired) electrons. The van der Waals surface area contributed by atoms with Crippen molar-refractivity contribution in [2.75, 3.05) is 13.3 Å². The minimum atomic E-state index is -3.04. The molecule has 0 heterocycles. The number of rotatable bonds is 8. The molecule has 21 heavy (non-hydrogen) atoms. The van der Waals surface area contributed by atoms with E-state index in [1.54, 1.807) is 0 Å². The third-order valence-corrected chi connectivity index (χ3v) is 5.44. The van der Waals surface area contributed by atoms with Gasteiger partial charge in [0.2, 0.25) is 0 Å². The van der Waals surface area contributed by atoms with Crippen LogP contribution in [0.4, 0.5) is 0 Å². The topological polar surface area (TPSA) is 35.5 Å². The molecule has 114 valence electrons. The number of hydrogen-bond donors (Lipinski definition) is 0. The van der Waals surface area contributed by atoms with Gasteiger partial charge < -0.3 is 9.05 Å². The summed E-state index contributed by atoms with van der Waals surface area (Å²) in [5.41, 5.74) is 0. The van der Waals surface area contributed by atoms with E-state index >= 15 is 0 Å². The zero-order chi connectivity index (χ0) is 15.1. The van der Waals surface area contributed by atoms with E-state index in [1.807, 2.05) is 42.5 Å². The second kappa shape index (κ2) is 7.63. The molecule has 0 aliphatic carbocycles. The highest BCUT2D eigenvalue weighted by molar-refractivity contribution is 7.54. The summed E-state index contributed by atoms with van der Waals surface area (Å²) in [5, 5.41) is 2.21. The summed E-state index contributed by atoms with van der Waals surface area (Å²) in [6.07, 6.45) is 4.70. The van der Waals surface area contributed by atoms with Crippen molar-refractivity contribution in [2.24, 2.45) is 0 Å². The van der Waals surface area contributed by atoms with Crippen LogP contribution in [0, 0.1) is 0 Å². The van der Waals surface area contributed by atoms with Crippen molar-refractivity contribution in [1.29, 1.82) is 0 Å². The summed E-state index contributed by atoms with van der Waals surface area (Å²) < 4.78 is 23.4. The Labute approximate surface area is 126 Å². The van der Waals surface area contributed by atoms with E-state index in [4.69, 9.17) is 9.05 Å².